The standard InChI is InChI=1S/C24H46O11/c1-15(16(2,11-25)35-24(10,32)23(9,31)19(15,5)27)13-33-14-18(4)21(7,29)22(8,30)20(6,28)17(3,12-26)34-18/h25-32H,11-14H2,1-10H3. The van der Waals surface area contributed by atoms with Crippen LogP contribution >= 0.6 is 0 Å². The summed E-state index contributed by atoms with van der Waals surface area (Å²) in [5.74, 6) is -2.22. The van der Waals surface area contributed by atoms with E-state index in [9.17, 15) is 40.9 Å². The molecule has 11 nitrogen and oxygen atoms in total. The number of aliphatic hydroxyl groups excluding tert-OH is 2. The molecule has 8 N–H and O–H groups in total. The van der Waals surface area contributed by atoms with Crippen molar-refractivity contribution >= 4 is 0 Å². The molecule has 0 spiro atoms. The Morgan fingerprint density at radius 1 is 0.486 bits per heavy atom. The van der Waals surface area contributed by atoms with E-state index in [1.54, 1.807) is 0 Å². The van der Waals surface area contributed by atoms with Crippen molar-refractivity contribution in [3.8, 4) is 0 Å². The first-order chi connectivity index (χ1) is 15.2. The zero-order chi connectivity index (χ0) is 27.9. The minimum absolute atomic E-state index is 0.354. The Hall–Kier alpha value is -0.440. The minimum Gasteiger partial charge on any atom is -0.393 e. The Morgan fingerprint density at radius 2 is 0.914 bits per heavy atom. The summed E-state index contributed by atoms with van der Waals surface area (Å²) < 4.78 is 17.7. The van der Waals surface area contributed by atoms with Gasteiger partial charge in [0.2, 0.25) is 0 Å². The van der Waals surface area contributed by atoms with Crippen LogP contribution in [-0.4, -0.2) is 118 Å². The average molecular weight is 511 g/mol. The Kier molecular flexibility index (Phi) is 7.06. The lowest BCUT2D eigenvalue weighted by Crippen LogP contribution is -2.85. The molecule has 0 saturated carbocycles. The molecule has 0 aromatic carbocycles. The highest BCUT2D eigenvalue weighted by Crippen LogP contribution is 2.58. The first-order valence-corrected chi connectivity index (χ1v) is 11.8. The average Bonchev–Trinajstić information content (AvgIpc) is 2.70. The maximum Gasteiger partial charge on any atom is 0.195 e. The first kappa shape index (κ1) is 30.8. The summed E-state index contributed by atoms with van der Waals surface area (Å²) >= 11 is 0. The summed E-state index contributed by atoms with van der Waals surface area (Å²) in [4.78, 5) is 0. The number of aliphatic hydroxyl groups is 8. The highest BCUT2D eigenvalue weighted by molar-refractivity contribution is 5.24. The van der Waals surface area contributed by atoms with E-state index in [2.05, 4.69) is 0 Å². The molecule has 35 heavy (non-hydrogen) atoms. The van der Waals surface area contributed by atoms with Crippen molar-refractivity contribution in [2.75, 3.05) is 26.4 Å². The Labute approximate surface area is 207 Å². The number of hydrogen-bond acceptors (Lipinski definition) is 11. The Morgan fingerprint density at radius 3 is 1.34 bits per heavy atom. The molecule has 208 valence electrons. The summed E-state index contributed by atoms with van der Waals surface area (Å²) in [5.41, 5.74) is -17.1. The largest absolute Gasteiger partial charge is 0.393 e. The fraction of sp³-hybridized carbons (Fsp3) is 1.00. The van der Waals surface area contributed by atoms with Gasteiger partial charge in [0.15, 0.2) is 5.79 Å². The minimum atomic E-state index is -2.22. The van der Waals surface area contributed by atoms with Crippen LogP contribution in [0.5, 0.6) is 0 Å². The SMILES string of the molecule is CC1(O)OC(C)(CO)C(C)(COCC2(C)OC(C)(CO)C(C)(O)C(C)(O)C2(C)O)C(C)(O)C1(C)O. The third-order valence-corrected chi connectivity index (χ3v) is 10.3. The third-order valence-electron chi connectivity index (χ3n) is 10.3. The summed E-state index contributed by atoms with van der Waals surface area (Å²) in [7, 11) is 0. The highest BCUT2D eigenvalue weighted by atomic mass is 16.7. The molecule has 2 rings (SSSR count). The van der Waals surface area contributed by atoms with Crippen LogP contribution in [0.3, 0.4) is 0 Å². The first-order valence-electron chi connectivity index (χ1n) is 11.8. The molecule has 0 aliphatic carbocycles. The van der Waals surface area contributed by atoms with Crippen LogP contribution in [-0.2, 0) is 14.2 Å². The van der Waals surface area contributed by atoms with Gasteiger partial charge in [0.25, 0.3) is 0 Å². The molecule has 2 heterocycles. The van der Waals surface area contributed by atoms with Crippen molar-refractivity contribution in [1.82, 2.24) is 0 Å². The monoisotopic (exact) mass is 510 g/mol. The molecule has 0 radical (unpaired) electrons. The van der Waals surface area contributed by atoms with E-state index in [1.807, 2.05) is 0 Å². The predicted molar refractivity (Wildman–Crippen MR) is 124 cm³/mol. The van der Waals surface area contributed by atoms with Crippen LogP contribution in [0, 0.1) is 5.41 Å². The second-order valence-corrected chi connectivity index (χ2v) is 12.4. The molecule has 2 aliphatic heterocycles. The van der Waals surface area contributed by atoms with E-state index in [4.69, 9.17) is 14.2 Å². The van der Waals surface area contributed by atoms with Gasteiger partial charge in [0.05, 0.1) is 31.8 Å². The van der Waals surface area contributed by atoms with Crippen LogP contribution in [0.15, 0.2) is 0 Å². The summed E-state index contributed by atoms with van der Waals surface area (Å²) in [6.45, 7) is 11.3. The van der Waals surface area contributed by atoms with E-state index >= 15 is 0 Å². The fourth-order valence-electron chi connectivity index (χ4n) is 5.66. The van der Waals surface area contributed by atoms with Crippen molar-refractivity contribution in [3.63, 3.8) is 0 Å². The molecule has 11 heteroatoms. The number of hydrogen-bond donors (Lipinski definition) is 8. The van der Waals surface area contributed by atoms with Gasteiger partial charge in [-0.3, -0.25) is 0 Å². The van der Waals surface area contributed by atoms with Gasteiger partial charge in [-0.1, -0.05) is 6.92 Å². The van der Waals surface area contributed by atoms with Gasteiger partial charge in [0.1, 0.15) is 44.8 Å². The van der Waals surface area contributed by atoms with Gasteiger partial charge < -0.3 is 55.1 Å². The quantitative estimate of drug-likeness (QED) is 0.214. The smallest absolute Gasteiger partial charge is 0.195 e. The fourth-order valence-corrected chi connectivity index (χ4v) is 5.66. The molecule has 10 atom stereocenters. The second kappa shape index (κ2) is 8.03. The van der Waals surface area contributed by atoms with Gasteiger partial charge in [-0.15, -0.1) is 0 Å². The van der Waals surface area contributed by atoms with Crippen LogP contribution in [0.1, 0.15) is 69.2 Å². The van der Waals surface area contributed by atoms with Gasteiger partial charge >= 0.3 is 0 Å². The molecule has 10 unspecified atom stereocenters. The normalized spacial score (nSPS) is 59.5. The molecular weight excluding hydrogens is 464 g/mol. The molecule has 0 amide bonds. The lowest BCUT2D eigenvalue weighted by atomic mass is 9.54. The molecule has 2 fully saturated rings. The van der Waals surface area contributed by atoms with Crippen LogP contribution in [0.4, 0.5) is 0 Å². The zero-order valence-corrected chi connectivity index (χ0v) is 22.6. The van der Waals surface area contributed by atoms with Gasteiger partial charge in [-0.25, -0.2) is 0 Å². The summed E-state index contributed by atoms with van der Waals surface area (Å²) in [5, 5.41) is 87.3. The summed E-state index contributed by atoms with van der Waals surface area (Å²) in [6.07, 6.45) is 0. The zero-order valence-electron chi connectivity index (χ0n) is 22.6. The molecule has 0 aromatic rings. The topological polar surface area (TPSA) is 190 Å². The maximum atomic E-state index is 11.5. The molecule has 0 bridgehead atoms. The number of rotatable bonds is 6. The van der Waals surface area contributed by atoms with Crippen molar-refractivity contribution in [2.45, 2.75) is 120 Å². The number of ether oxygens (including phenoxy) is 3. The van der Waals surface area contributed by atoms with Crippen molar-refractivity contribution in [2.24, 2.45) is 5.41 Å². The van der Waals surface area contributed by atoms with Crippen LogP contribution in [0.25, 0.3) is 0 Å². The van der Waals surface area contributed by atoms with Gasteiger partial charge in [-0.2, -0.15) is 0 Å². The maximum absolute atomic E-state index is 11.5. The van der Waals surface area contributed by atoms with Crippen molar-refractivity contribution in [3.05, 3.63) is 0 Å². The van der Waals surface area contributed by atoms with Crippen molar-refractivity contribution < 1.29 is 55.1 Å². The van der Waals surface area contributed by atoms with Crippen molar-refractivity contribution in [1.29, 1.82) is 0 Å². The molecule has 0 aromatic heterocycles. The Bertz CT molecular complexity index is 820. The highest BCUT2D eigenvalue weighted by Gasteiger charge is 2.75. The lowest BCUT2D eigenvalue weighted by Gasteiger charge is -2.67. The Balaban J connectivity index is 2.47. The molecular formula is C24H46O11. The van der Waals surface area contributed by atoms with E-state index in [0.29, 0.717) is 0 Å². The van der Waals surface area contributed by atoms with Crippen LogP contribution in [0.2, 0.25) is 0 Å². The van der Waals surface area contributed by atoms with E-state index in [0.717, 1.165) is 0 Å². The lowest BCUT2D eigenvalue weighted by molar-refractivity contribution is -0.446. The predicted octanol–water partition coefficient (Wildman–Crippen LogP) is -1.21. The molecule has 2 saturated heterocycles. The van der Waals surface area contributed by atoms with E-state index in [-0.39, 0.29) is 6.61 Å². The third kappa shape index (κ3) is 3.51. The molecule has 2 aliphatic rings. The summed E-state index contributed by atoms with van der Waals surface area (Å²) in [6, 6.07) is 0. The van der Waals surface area contributed by atoms with E-state index < -0.39 is 75.8 Å². The van der Waals surface area contributed by atoms with Crippen LogP contribution < -0.4 is 0 Å². The second-order valence-electron chi connectivity index (χ2n) is 12.4. The van der Waals surface area contributed by atoms with Gasteiger partial charge in [0, 0.05) is 0 Å². The van der Waals surface area contributed by atoms with E-state index in [1.165, 1.54) is 69.2 Å². The van der Waals surface area contributed by atoms with Gasteiger partial charge in [-0.05, 0) is 62.3 Å².